The number of amidine groups is 2. The van der Waals surface area contributed by atoms with Crippen LogP contribution in [0.25, 0.3) is 17.2 Å². The van der Waals surface area contributed by atoms with Crippen LogP contribution in [0.2, 0.25) is 0 Å². The fourth-order valence-electron chi connectivity index (χ4n) is 7.37. The van der Waals surface area contributed by atoms with Crippen molar-refractivity contribution >= 4 is 40.7 Å². The molecule has 2 unspecified atom stereocenters. The van der Waals surface area contributed by atoms with Gasteiger partial charge >= 0.3 is 0 Å². The third kappa shape index (κ3) is 5.19. The first-order chi connectivity index (χ1) is 23.3. The number of nitrogens with one attached hydrogen (secondary N) is 1. The average Bonchev–Trinajstić information content (AvgIpc) is 3.53. The molecule has 0 saturated heterocycles. The van der Waals surface area contributed by atoms with Gasteiger partial charge in [0.25, 0.3) is 0 Å². The number of allylic oxidation sites excluding steroid dienone is 2. The van der Waals surface area contributed by atoms with Crippen LogP contribution in [0.1, 0.15) is 46.6 Å². The molecule has 2 aliphatic heterocycles. The highest BCUT2D eigenvalue weighted by Crippen LogP contribution is 2.53. The van der Waals surface area contributed by atoms with Crippen LogP contribution in [-0.4, -0.2) is 23.1 Å². The van der Waals surface area contributed by atoms with Gasteiger partial charge in [0.2, 0.25) is 0 Å². The highest BCUT2D eigenvalue weighted by atomic mass is 32.2. The van der Waals surface area contributed by atoms with Crippen LogP contribution in [0.15, 0.2) is 166 Å². The zero-order valence-corrected chi connectivity index (χ0v) is 26.7. The number of thioether (sulfide) groups is 1. The number of fused-ring (bicyclic) bond motifs is 4. The fraction of sp³-hybridized carbons (Fsp3) is 0.116. The lowest BCUT2D eigenvalue weighted by molar-refractivity contribution is 0.689. The quantitative estimate of drug-likeness (QED) is 0.216. The van der Waals surface area contributed by atoms with Gasteiger partial charge in [-0.3, -0.25) is 0 Å². The zero-order valence-electron chi connectivity index (χ0n) is 25.9. The largest absolute Gasteiger partial charge is 0.324 e. The molecule has 226 valence electrons. The van der Waals surface area contributed by atoms with Crippen LogP contribution < -0.4 is 15.8 Å². The maximum absolute atomic E-state index is 5.33. The molecule has 0 saturated carbocycles. The molecule has 5 aromatic carbocycles. The van der Waals surface area contributed by atoms with E-state index in [1.807, 2.05) is 23.9 Å². The predicted octanol–water partition coefficient (Wildman–Crippen LogP) is 7.86. The Balaban J connectivity index is 1.20. The van der Waals surface area contributed by atoms with Gasteiger partial charge in [0.1, 0.15) is 11.7 Å². The third-order valence-corrected chi connectivity index (χ3v) is 10.9. The summed E-state index contributed by atoms with van der Waals surface area (Å²) in [7, 11) is 0. The summed E-state index contributed by atoms with van der Waals surface area (Å²) < 4.78 is 0. The zero-order chi connectivity index (χ0) is 31.2. The van der Waals surface area contributed by atoms with Crippen molar-refractivity contribution in [2.75, 3.05) is 0 Å². The lowest BCUT2D eigenvalue weighted by Crippen LogP contribution is -2.39. The Hall–Kier alpha value is -5.19. The van der Waals surface area contributed by atoms with E-state index in [9.17, 15) is 0 Å². The van der Waals surface area contributed by atoms with Crippen LogP contribution in [0.3, 0.4) is 0 Å². The molecule has 0 bridgehead atoms. The first-order valence-corrected chi connectivity index (χ1v) is 17.3. The smallest absolute Gasteiger partial charge is 0.166 e. The topological polar surface area (TPSA) is 36.8 Å². The average molecular weight is 624 g/mol. The molecular weight excluding hydrogens is 591 g/mol. The first-order valence-electron chi connectivity index (χ1n) is 16.4. The summed E-state index contributed by atoms with van der Waals surface area (Å²) in [5.74, 6) is 1.90. The van der Waals surface area contributed by atoms with E-state index in [4.69, 9.17) is 9.98 Å². The van der Waals surface area contributed by atoms with Crippen LogP contribution in [0.5, 0.6) is 0 Å². The number of nitrogens with zero attached hydrogens (tertiary/aromatic N) is 2. The van der Waals surface area contributed by atoms with Crippen LogP contribution in [0, 0.1) is 0 Å². The molecule has 0 fully saturated rings. The van der Waals surface area contributed by atoms with E-state index < -0.39 is 0 Å². The minimum absolute atomic E-state index is 0.197. The molecule has 4 aliphatic rings. The molecule has 5 aromatic rings. The van der Waals surface area contributed by atoms with Crippen molar-refractivity contribution in [2.24, 2.45) is 9.98 Å². The summed E-state index contributed by atoms with van der Waals surface area (Å²) in [5, 5.41) is 6.54. The third-order valence-electron chi connectivity index (χ3n) is 9.59. The van der Waals surface area contributed by atoms with E-state index in [0.717, 1.165) is 35.6 Å². The van der Waals surface area contributed by atoms with Gasteiger partial charge in [-0.05, 0) is 68.8 Å². The normalized spacial score (nSPS) is 20.0. The second-order valence-electron chi connectivity index (χ2n) is 12.4. The summed E-state index contributed by atoms with van der Waals surface area (Å²) in [6.45, 7) is 0. The molecule has 3 nitrogen and oxygen atoms in total. The SMILES string of the molecule is C1=C(c2cccc(C3=c4ccccc4=CCC3)c2)C=C(C2N=C(c3ccccc3)NC(c3ccccc3)=N2)C2c3ccccc3SC12. The molecule has 2 heterocycles. The Labute approximate surface area is 279 Å². The molecule has 0 amide bonds. The Kier molecular flexibility index (Phi) is 7.09. The van der Waals surface area contributed by atoms with Crippen molar-refractivity contribution in [2.45, 2.75) is 35.1 Å². The van der Waals surface area contributed by atoms with Crippen molar-refractivity contribution in [1.29, 1.82) is 0 Å². The molecule has 0 aromatic heterocycles. The van der Waals surface area contributed by atoms with E-state index >= 15 is 0 Å². The lowest BCUT2D eigenvalue weighted by atomic mass is 9.80. The van der Waals surface area contributed by atoms with E-state index in [0.29, 0.717) is 0 Å². The van der Waals surface area contributed by atoms with E-state index in [2.05, 4.69) is 145 Å². The summed E-state index contributed by atoms with van der Waals surface area (Å²) in [6, 6.07) is 47.6. The summed E-state index contributed by atoms with van der Waals surface area (Å²) in [6.07, 6.45) is 9.01. The number of hydrogen-bond donors (Lipinski definition) is 1. The molecule has 47 heavy (non-hydrogen) atoms. The van der Waals surface area contributed by atoms with Crippen molar-refractivity contribution in [3.8, 4) is 0 Å². The summed E-state index contributed by atoms with van der Waals surface area (Å²) in [4.78, 5) is 12.0. The van der Waals surface area contributed by atoms with Crippen molar-refractivity contribution in [3.05, 3.63) is 189 Å². The number of aliphatic imine (C=N–C) groups is 2. The standard InChI is InChI=1S/C43H33N3S/c1-3-14-29(15-4-1)41-44-42(30-16-5-2-6-17-30)46-43(45-41)37-26-33(27-39-40(37)36-22-9-10-24-38(36)47-39)31-19-11-20-32(25-31)35-23-12-18-28-13-7-8-21-34(28)35/h1-11,13-22,24-27,39-40,43H,12,23H2,(H,44,45,46). The van der Waals surface area contributed by atoms with E-state index in [-0.39, 0.29) is 17.3 Å². The van der Waals surface area contributed by atoms with Gasteiger partial charge in [-0.25, -0.2) is 9.98 Å². The predicted molar refractivity (Wildman–Crippen MR) is 196 cm³/mol. The van der Waals surface area contributed by atoms with Gasteiger partial charge in [0.15, 0.2) is 6.17 Å². The molecule has 4 heteroatoms. The highest BCUT2D eigenvalue weighted by molar-refractivity contribution is 8.00. The van der Waals surface area contributed by atoms with E-state index in [1.54, 1.807) is 0 Å². The van der Waals surface area contributed by atoms with Crippen molar-refractivity contribution in [3.63, 3.8) is 0 Å². The van der Waals surface area contributed by atoms with Crippen molar-refractivity contribution in [1.82, 2.24) is 5.32 Å². The Morgan fingerprint density at radius 1 is 0.638 bits per heavy atom. The van der Waals surface area contributed by atoms with Gasteiger partial charge in [-0.1, -0.05) is 140 Å². The van der Waals surface area contributed by atoms with Crippen LogP contribution >= 0.6 is 11.8 Å². The Bertz CT molecular complexity index is 2210. The van der Waals surface area contributed by atoms with Crippen LogP contribution in [0.4, 0.5) is 0 Å². The maximum atomic E-state index is 5.33. The molecule has 2 aliphatic carbocycles. The van der Waals surface area contributed by atoms with Gasteiger partial charge in [-0.15, -0.1) is 11.8 Å². The maximum Gasteiger partial charge on any atom is 0.166 e. The Morgan fingerprint density at radius 2 is 1.30 bits per heavy atom. The Morgan fingerprint density at radius 3 is 2.09 bits per heavy atom. The lowest BCUT2D eigenvalue weighted by Gasteiger charge is -2.31. The van der Waals surface area contributed by atoms with Gasteiger partial charge < -0.3 is 5.32 Å². The number of rotatable bonds is 5. The monoisotopic (exact) mass is 623 g/mol. The van der Waals surface area contributed by atoms with Gasteiger partial charge in [0.05, 0.1) is 0 Å². The molecule has 9 rings (SSSR count). The minimum atomic E-state index is -0.358. The minimum Gasteiger partial charge on any atom is -0.324 e. The summed E-state index contributed by atoms with van der Waals surface area (Å²) >= 11 is 1.96. The summed E-state index contributed by atoms with van der Waals surface area (Å²) in [5.41, 5.74) is 9.94. The molecular formula is C43H33N3S. The fourth-order valence-corrected chi connectivity index (χ4v) is 8.81. The first kappa shape index (κ1) is 28.1. The second-order valence-corrected chi connectivity index (χ2v) is 13.7. The van der Waals surface area contributed by atoms with Gasteiger partial charge in [-0.2, -0.15) is 0 Å². The number of benzene rings is 5. The van der Waals surface area contributed by atoms with Crippen LogP contribution in [-0.2, 0) is 0 Å². The number of hydrogen-bond acceptors (Lipinski definition) is 4. The second kappa shape index (κ2) is 11.9. The highest BCUT2D eigenvalue weighted by Gasteiger charge is 2.40. The molecule has 2 atom stereocenters. The van der Waals surface area contributed by atoms with Crippen molar-refractivity contribution < 1.29 is 0 Å². The molecule has 0 radical (unpaired) electrons. The van der Waals surface area contributed by atoms with E-state index in [1.165, 1.54) is 48.7 Å². The molecule has 0 spiro atoms. The molecule has 1 N–H and O–H groups in total. The van der Waals surface area contributed by atoms with Gasteiger partial charge in [0, 0.05) is 27.2 Å².